The number of anilines is 1. The van der Waals surface area contributed by atoms with E-state index in [1.807, 2.05) is 29.2 Å². The highest BCUT2D eigenvalue weighted by molar-refractivity contribution is 6.99. The Balaban J connectivity index is 1.40. The van der Waals surface area contributed by atoms with Crippen molar-refractivity contribution >= 4 is 41.9 Å². The minimum absolute atomic E-state index is 0.0443. The van der Waals surface area contributed by atoms with Crippen molar-refractivity contribution in [2.75, 3.05) is 11.4 Å². The number of rotatable bonds is 5. The van der Waals surface area contributed by atoms with Gasteiger partial charge in [0.2, 0.25) is 5.91 Å². The third kappa shape index (κ3) is 4.44. The standard InChI is InChI=1S/C31H36ClNO2Si/c1-30(2,3)36(27-13-6-4-7-14-27,28-15-8-5-9-16-28)35-26-17-19-31(20-18-26)21-22-33(29(31)34)25-12-10-11-24(32)23-25/h4-16,23,26H,17-22H2,1-3H3. The summed E-state index contributed by atoms with van der Waals surface area (Å²) in [4.78, 5) is 15.6. The van der Waals surface area contributed by atoms with Gasteiger partial charge in [0.25, 0.3) is 8.32 Å². The number of nitrogens with zero attached hydrogens (tertiary/aromatic N) is 1. The second-order valence-corrected chi connectivity index (χ2v) is 16.1. The van der Waals surface area contributed by atoms with Gasteiger partial charge in [-0.15, -0.1) is 0 Å². The van der Waals surface area contributed by atoms with Crippen LogP contribution < -0.4 is 15.3 Å². The molecule has 36 heavy (non-hydrogen) atoms. The Hall–Kier alpha value is -2.40. The van der Waals surface area contributed by atoms with Crippen LogP contribution in [0.1, 0.15) is 52.9 Å². The van der Waals surface area contributed by atoms with E-state index in [0.717, 1.165) is 44.3 Å². The molecule has 1 aliphatic heterocycles. The predicted molar refractivity (Wildman–Crippen MR) is 152 cm³/mol. The summed E-state index contributed by atoms with van der Waals surface area (Å²) in [5, 5.41) is 3.25. The number of hydrogen-bond acceptors (Lipinski definition) is 2. The first kappa shape index (κ1) is 25.3. The summed E-state index contributed by atoms with van der Waals surface area (Å²) >= 11 is 6.22. The molecular formula is C31H36ClNO2Si. The lowest BCUT2D eigenvalue weighted by atomic mass is 9.72. The van der Waals surface area contributed by atoms with E-state index in [4.69, 9.17) is 16.0 Å². The van der Waals surface area contributed by atoms with Gasteiger partial charge in [-0.25, -0.2) is 0 Å². The van der Waals surface area contributed by atoms with Gasteiger partial charge in [-0.2, -0.15) is 0 Å². The third-order valence-corrected chi connectivity index (χ3v) is 13.6. The molecule has 3 nitrogen and oxygen atoms in total. The van der Waals surface area contributed by atoms with E-state index in [9.17, 15) is 4.79 Å². The Labute approximate surface area is 221 Å². The number of carbonyl (C=O) groups excluding carboxylic acids is 1. The maximum atomic E-state index is 13.6. The van der Waals surface area contributed by atoms with Gasteiger partial charge in [-0.1, -0.05) is 99.1 Å². The first-order valence-corrected chi connectivity index (χ1v) is 15.4. The SMILES string of the molecule is CC(C)(C)[Si](OC1CCC2(CC1)CCN(c1cccc(Cl)c1)C2=O)(c1ccccc1)c1ccccc1. The molecule has 2 aliphatic rings. The van der Waals surface area contributed by atoms with E-state index >= 15 is 0 Å². The Bertz CT molecular complexity index is 1160. The molecule has 3 aromatic rings. The lowest BCUT2D eigenvalue weighted by Crippen LogP contribution is -2.68. The van der Waals surface area contributed by atoms with Crippen LogP contribution >= 0.6 is 11.6 Å². The molecule has 0 atom stereocenters. The van der Waals surface area contributed by atoms with E-state index in [1.54, 1.807) is 0 Å². The molecular weight excluding hydrogens is 482 g/mol. The molecule has 1 saturated heterocycles. The normalized spacial score (nSPS) is 22.8. The largest absolute Gasteiger partial charge is 0.404 e. The number of halogens is 1. The van der Waals surface area contributed by atoms with Gasteiger partial charge < -0.3 is 9.33 Å². The monoisotopic (exact) mass is 517 g/mol. The van der Waals surface area contributed by atoms with Crippen molar-refractivity contribution in [3.05, 3.63) is 90.0 Å². The summed E-state index contributed by atoms with van der Waals surface area (Å²) in [6, 6.07) is 29.3. The molecule has 3 aromatic carbocycles. The van der Waals surface area contributed by atoms with Crippen molar-refractivity contribution in [2.24, 2.45) is 5.41 Å². The maximum Gasteiger partial charge on any atom is 0.261 e. The molecule has 2 fully saturated rings. The quantitative estimate of drug-likeness (QED) is 0.357. The van der Waals surface area contributed by atoms with Gasteiger partial charge in [0.1, 0.15) is 0 Å². The van der Waals surface area contributed by atoms with Crippen LogP contribution in [0.15, 0.2) is 84.9 Å². The van der Waals surface area contributed by atoms with E-state index in [0.29, 0.717) is 5.02 Å². The first-order valence-electron chi connectivity index (χ1n) is 13.1. The summed E-state index contributed by atoms with van der Waals surface area (Å²) in [7, 11) is -2.59. The molecule has 0 radical (unpaired) electrons. The molecule has 0 aromatic heterocycles. The molecule has 1 aliphatic carbocycles. The second-order valence-electron chi connectivity index (χ2n) is 11.4. The zero-order valence-corrected chi connectivity index (χ0v) is 23.3. The lowest BCUT2D eigenvalue weighted by molar-refractivity contribution is -0.128. The van der Waals surface area contributed by atoms with E-state index in [1.165, 1.54) is 10.4 Å². The van der Waals surface area contributed by atoms with Gasteiger partial charge in [-0.05, 0) is 65.7 Å². The van der Waals surface area contributed by atoms with Crippen LogP contribution in [0.4, 0.5) is 5.69 Å². The van der Waals surface area contributed by atoms with Gasteiger partial charge in [-0.3, -0.25) is 4.79 Å². The summed E-state index contributed by atoms with van der Waals surface area (Å²) in [5.74, 6) is 0.258. The van der Waals surface area contributed by atoms with Crippen LogP contribution in [0.3, 0.4) is 0 Å². The van der Waals surface area contributed by atoms with Gasteiger partial charge in [0, 0.05) is 23.4 Å². The summed E-state index contributed by atoms with van der Waals surface area (Å²) < 4.78 is 7.38. The van der Waals surface area contributed by atoms with E-state index in [2.05, 4.69) is 81.4 Å². The average molecular weight is 518 g/mol. The van der Waals surface area contributed by atoms with Crippen LogP contribution in [0.2, 0.25) is 10.1 Å². The zero-order chi connectivity index (χ0) is 25.4. The van der Waals surface area contributed by atoms with Crippen molar-refractivity contribution in [1.82, 2.24) is 0 Å². The minimum Gasteiger partial charge on any atom is -0.404 e. The third-order valence-electron chi connectivity index (χ3n) is 8.28. The molecule has 5 rings (SSSR count). The first-order chi connectivity index (χ1) is 17.3. The van der Waals surface area contributed by atoms with E-state index < -0.39 is 8.32 Å². The fourth-order valence-corrected chi connectivity index (χ4v) is 11.3. The molecule has 1 amide bonds. The molecule has 5 heteroatoms. The lowest BCUT2D eigenvalue weighted by Gasteiger charge is -2.47. The number of carbonyl (C=O) groups is 1. The highest BCUT2D eigenvalue weighted by Crippen LogP contribution is 2.48. The van der Waals surface area contributed by atoms with Gasteiger partial charge >= 0.3 is 0 Å². The zero-order valence-electron chi connectivity index (χ0n) is 21.5. The highest BCUT2D eigenvalue weighted by Gasteiger charge is 2.54. The Morgan fingerprint density at radius 1 is 0.861 bits per heavy atom. The average Bonchev–Trinajstić information content (AvgIpc) is 3.19. The van der Waals surface area contributed by atoms with Gasteiger partial charge in [0.05, 0.1) is 5.41 Å². The second kappa shape index (κ2) is 9.81. The minimum atomic E-state index is -2.59. The molecule has 1 heterocycles. The molecule has 1 spiro atoms. The Morgan fingerprint density at radius 3 is 1.97 bits per heavy atom. The van der Waals surface area contributed by atoms with Crippen LogP contribution in [0, 0.1) is 5.41 Å². The molecule has 0 bridgehead atoms. The van der Waals surface area contributed by atoms with Crippen LogP contribution in [0.25, 0.3) is 0 Å². The fourth-order valence-electron chi connectivity index (χ4n) is 6.38. The highest BCUT2D eigenvalue weighted by atomic mass is 35.5. The Kier molecular flexibility index (Phi) is 6.88. The predicted octanol–water partition coefficient (Wildman–Crippen LogP) is 6.58. The van der Waals surface area contributed by atoms with Crippen LogP contribution in [-0.4, -0.2) is 26.9 Å². The van der Waals surface area contributed by atoms with Gasteiger partial charge in [0.15, 0.2) is 0 Å². The van der Waals surface area contributed by atoms with Crippen LogP contribution in [-0.2, 0) is 9.22 Å². The van der Waals surface area contributed by atoms with Crippen molar-refractivity contribution < 1.29 is 9.22 Å². The number of amides is 1. The van der Waals surface area contributed by atoms with Crippen molar-refractivity contribution in [3.8, 4) is 0 Å². The van der Waals surface area contributed by atoms with Crippen LogP contribution in [0.5, 0.6) is 0 Å². The molecule has 0 unspecified atom stereocenters. The van der Waals surface area contributed by atoms with Crippen molar-refractivity contribution in [1.29, 1.82) is 0 Å². The fraction of sp³-hybridized carbons (Fsp3) is 0.387. The summed E-state index contributed by atoms with van der Waals surface area (Å²) in [6.45, 7) is 7.74. The summed E-state index contributed by atoms with van der Waals surface area (Å²) in [6.07, 6.45) is 4.65. The molecule has 1 saturated carbocycles. The van der Waals surface area contributed by atoms with E-state index in [-0.39, 0.29) is 22.5 Å². The Morgan fingerprint density at radius 2 is 1.44 bits per heavy atom. The van der Waals surface area contributed by atoms with Crippen molar-refractivity contribution in [2.45, 2.75) is 64.0 Å². The number of benzene rings is 3. The maximum absolute atomic E-state index is 13.6. The smallest absolute Gasteiger partial charge is 0.261 e. The molecule has 188 valence electrons. The number of hydrogen-bond donors (Lipinski definition) is 0. The molecule has 0 N–H and O–H groups in total. The topological polar surface area (TPSA) is 29.5 Å². The summed E-state index contributed by atoms with van der Waals surface area (Å²) in [5.41, 5.74) is 0.642. The van der Waals surface area contributed by atoms with Crippen molar-refractivity contribution in [3.63, 3.8) is 0 Å².